The zero-order chi connectivity index (χ0) is 14.0. The number of hydrogen-bond acceptors (Lipinski definition) is 3. The van der Waals surface area contributed by atoms with Gasteiger partial charge in [-0.1, -0.05) is 13.8 Å². The molecular formula is C14H28N2O2S. The third-order valence-electron chi connectivity index (χ3n) is 4.93. The van der Waals surface area contributed by atoms with Gasteiger partial charge >= 0.3 is 0 Å². The number of likely N-dealkylation sites (tertiary alicyclic amines) is 1. The molecule has 2 fully saturated rings. The quantitative estimate of drug-likeness (QED) is 0.795. The second-order valence-electron chi connectivity index (χ2n) is 6.51. The van der Waals surface area contributed by atoms with Crippen LogP contribution in [0.1, 0.15) is 39.5 Å². The third kappa shape index (κ3) is 3.92. The van der Waals surface area contributed by atoms with Crippen molar-refractivity contribution in [1.29, 1.82) is 0 Å². The molecule has 0 atom stereocenters. The molecule has 2 heterocycles. The van der Waals surface area contributed by atoms with Gasteiger partial charge in [-0.15, -0.1) is 0 Å². The SMILES string of the molecule is CC(C)C1CCN(C2CCN(S(C)(=O)=O)CC2)CC1. The van der Waals surface area contributed by atoms with Crippen molar-refractivity contribution in [2.24, 2.45) is 11.8 Å². The summed E-state index contributed by atoms with van der Waals surface area (Å²) in [7, 11) is -2.99. The van der Waals surface area contributed by atoms with E-state index in [1.54, 1.807) is 4.31 Å². The summed E-state index contributed by atoms with van der Waals surface area (Å²) in [5.41, 5.74) is 0. The Morgan fingerprint density at radius 1 is 0.947 bits per heavy atom. The fourth-order valence-electron chi connectivity index (χ4n) is 3.49. The number of sulfonamides is 1. The summed E-state index contributed by atoms with van der Waals surface area (Å²) in [6.07, 6.45) is 5.94. The Morgan fingerprint density at radius 3 is 1.89 bits per heavy atom. The fraction of sp³-hybridized carbons (Fsp3) is 1.00. The Labute approximate surface area is 118 Å². The first-order valence-corrected chi connectivity index (χ1v) is 9.42. The lowest BCUT2D eigenvalue weighted by Gasteiger charge is -2.42. The van der Waals surface area contributed by atoms with Crippen LogP contribution in [0.25, 0.3) is 0 Å². The molecule has 5 heteroatoms. The number of hydrogen-bond donors (Lipinski definition) is 0. The molecule has 0 aliphatic carbocycles. The van der Waals surface area contributed by atoms with Gasteiger partial charge in [0.1, 0.15) is 0 Å². The highest BCUT2D eigenvalue weighted by molar-refractivity contribution is 7.88. The monoisotopic (exact) mass is 288 g/mol. The second-order valence-corrected chi connectivity index (χ2v) is 8.49. The lowest BCUT2D eigenvalue weighted by Crippen LogP contribution is -2.49. The molecule has 4 nitrogen and oxygen atoms in total. The molecule has 0 saturated carbocycles. The molecule has 19 heavy (non-hydrogen) atoms. The van der Waals surface area contributed by atoms with Crippen molar-refractivity contribution in [2.45, 2.75) is 45.6 Å². The van der Waals surface area contributed by atoms with Gasteiger partial charge in [0.2, 0.25) is 10.0 Å². The molecule has 0 amide bonds. The van der Waals surface area contributed by atoms with Gasteiger partial charge in [-0.3, -0.25) is 0 Å². The van der Waals surface area contributed by atoms with Gasteiger partial charge in [-0.2, -0.15) is 0 Å². The van der Waals surface area contributed by atoms with Crippen molar-refractivity contribution in [2.75, 3.05) is 32.4 Å². The van der Waals surface area contributed by atoms with Crippen molar-refractivity contribution in [3.05, 3.63) is 0 Å². The largest absolute Gasteiger partial charge is 0.300 e. The highest BCUT2D eigenvalue weighted by Crippen LogP contribution is 2.28. The van der Waals surface area contributed by atoms with Crippen molar-refractivity contribution in [3.8, 4) is 0 Å². The van der Waals surface area contributed by atoms with Crippen LogP contribution >= 0.6 is 0 Å². The van der Waals surface area contributed by atoms with Gasteiger partial charge in [-0.05, 0) is 50.6 Å². The van der Waals surface area contributed by atoms with Gasteiger partial charge in [-0.25, -0.2) is 12.7 Å². The minimum absolute atomic E-state index is 0.603. The Balaban J connectivity index is 1.80. The van der Waals surface area contributed by atoms with E-state index < -0.39 is 10.0 Å². The van der Waals surface area contributed by atoms with Crippen LogP contribution in [0.3, 0.4) is 0 Å². The first-order valence-electron chi connectivity index (χ1n) is 7.57. The van der Waals surface area contributed by atoms with E-state index in [1.165, 1.54) is 32.2 Å². The van der Waals surface area contributed by atoms with Crippen LogP contribution in [0, 0.1) is 11.8 Å². The van der Waals surface area contributed by atoms with E-state index in [9.17, 15) is 8.42 Å². The molecule has 0 aromatic heterocycles. The molecule has 2 rings (SSSR count). The summed E-state index contributed by atoms with van der Waals surface area (Å²) in [6, 6.07) is 0.603. The predicted molar refractivity (Wildman–Crippen MR) is 78.6 cm³/mol. The van der Waals surface area contributed by atoms with E-state index in [0.29, 0.717) is 19.1 Å². The normalized spacial score (nSPS) is 26.1. The molecule has 112 valence electrons. The minimum Gasteiger partial charge on any atom is -0.300 e. The lowest BCUT2D eigenvalue weighted by molar-refractivity contribution is 0.0856. The van der Waals surface area contributed by atoms with Gasteiger partial charge < -0.3 is 4.90 Å². The van der Waals surface area contributed by atoms with Crippen LogP contribution in [0.5, 0.6) is 0 Å². The number of piperidine rings is 2. The molecule has 0 aromatic rings. The van der Waals surface area contributed by atoms with Gasteiger partial charge in [0.25, 0.3) is 0 Å². The molecule has 0 N–H and O–H groups in total. The summed E-state index contributed by atoms with van der Waals surface area (Å²) in [5.74, 6) is 1.68. The van der Waals surface area contributed by atoms with Crippen LogP contribution in [0.2, 0.25) is 0 Å². The van der Waals surface area contributed by atoms with Crippen molar-refractivity contribution in [3.63, 3.8) is 0 Å². The lowest BCUT2D eigenvalue weighted by atomic mass is 9.85. The maximum absolute atomic E-state index is 11.5. The molecule has 2 saturated heterocycles. The van der Waals surface area contributed by atoms with Crippen LogP contribution in [0.4, 0.5) is 0 Å². The van der Waals surface area contributed by atoms with Gasteiger partial charge in [0.15, 0.2) is 0 Å². The van der Waals surface area contributed by atoms with Crippen molar-refractivity contribution < 1.29 is 8.42 Å². The topological polar surface area (TPSA) is 40.6 Å². The van der Waals surface area contributed by atoms with E-state index in [0.717, 1.165) is 24.7 Å². The Kier molecular flexibility index (Phi) is 4.90. The smallest absolute Gasteiger partial charge is 0.211 e. The number of nitrogens with zero attached hydrogens (tertiary/aromatic N) is 2. The highest BCUT2D eigenvalue weighted by atomic mass is 32.2. The second kappa shape index (κ2) is 6.10. The summed E-state index contributed by atoms with van der Waals surface area (Å²) in [6.45, 7) is 8.45. The van der Waals surface area contributed by atoms with Crippen LogP contribution < -0.4 is 0 Å². The summed E-state index contributed by atoms with van der Waals surface area (Å²) in [4.78, 5) is 2.60. The van der Waals surface area contributed by atoms with E-state index in [-0.39, 0.29) is 0 Å². The molecule has 2 aliphatic heterocycles. The fourth-order valence-corrected chi connectivity index (χ4v) is 4.36. The summed E-state index contributed by atoms with van der Waals surface area (Å²) >= 11 is 0. The zero-order valence-electron chi connectivity index (χ0n) is 12.5. The maximum Gasteiger partial charge on any atom is 0.211 e. The first-order chi connectivity index (χ1) is 8.88. The number of rotatable bonds is 3. The molecule has 0 bridgehead atoms. The Bertz CT molecular complexity index is 378. The first kappa shape index (κ1) is 15.3. The van der Waals surface area contributed by atoms with Crippen LogP contribution in [-0.4, -0.2) is 56.1 Å². The molecular weight excluding hydrogens is 260 g/mol. The Hall–Kier alpha value is -0.130. The van der Waals surface area contributed by atoms with Crippen LogP contribution in [-0.2, 0) is 10.0 Å². The van der Waals surface area contributed by atoms with E-state index >= 15 is 0 Å². The zero-order valence-corrected chi connectivity index (χ0v) is 13.3. The Morgan fingerprint density at radius 2 is 1.47 bits per heavy atom. The standard InChI is InChI=1S/C14H28N2O2S/c1-12(2)13-4-8-15(9-5-13)14-6-10-16(11-7-14)19(3,17)18/h12-14H,4-11H2,1-3H3. The van der Waals surface area contributed by atoms with Crippen molar-refractivity contribution >= 4 is 10.0 Å². The highest BCUT2D eigenvalue weighted by Gasteiger charge is 2.31. The molecule has 0 aromatic carbocycles. The van der Waals surface area contributed by atoms with E-state index in [4.69, 9.17) is 0 Å². The average molecular weight is 288 g/mol. The maximum atomic E-state index is 11.5. The van der Waals surface area contributed by atoms with Gasteiger partial charge in [0.05, 0.1) is 6.26 Å². The third-order valence-corrected chi connectivity index (χ3v) is 6.23. The molecule has 2 aliphatic rings. The molecule has 0 unspecified atom stereocenters. The summed E-state index contributed by atoms with van der Waals surface area (Å²) in [5, 5.41) is 0. The van der Waals surface area contributed by atoms with Crippen molar-refractivity contribution in [1.82, 2.24) is 9.21 Å². The molecule has 0 spiro atoms. The van der Waals surface area contributed by atoms with Crippen LogP contribution in [0.15, 0.2) is 0 Å². The van der Waals surface area contributed by atoms with E-state index in [1.807, 2.05) is 0 Å². The van der Waals surface area contributed by atoms with Gasteiger partial charge in [0, 0.05) is 19.1 Å². The predicted octanol–water partition coefficient (Wildman–Crippen LogP) is 1.78. The average Bonchev–Trinajstić information content (AvgIpc) is 2.38. The minimum atomic E-state index is -2.99. The molecule has 0 radical (unpaired) electrons. The van der Waals surface area contributed by atoms with E-state index in [2.05, 4.69) is 18.7 Å². The summed E-state index contributed by atoms with van der Waals surface area (Å²) < 4.78 is 24.6.